The van der Waals surface area contributed by atoms with Crippen molar-refractivity contribution in [3.05, 3.63) is 65.6 Å². The Morgan fingerprint density at radius 2 is 1.90 bits per heavy atom. The molecule has 0 unspecified atom stereocenters. The first-order valence-corrected chi connectivity index (χ1v) is 11.3. The van der Waals surface area contributed by atoms with E-state index in [-0.39, 0.29) is 5.92 Å². The van der Waals surface area contributed by atoms with Gasteiger partial charge in [0, 0.05) is 43.5 Å². The number of aryl methyl sites for hydroxylation is 3. The van der Waals surface area contributed by atoms with Crippen LogP contribution in [-0.2, 0) is 17.1 Å². The summed E-state index contributed by atoms with van der Waals surface area (Å²) in [5.74, 6) is 0.0836. The monoisotopic (exact) mass is 410 g/mol. The molecule has 152 valence electrons. The van der Waals surface area contributed by atoms with E-state index >= 15 is 0 Å². The van der Waals surface area contributed by atoms with Gasteiger partial charge >= 0.3 is 0 Å². The van der Waals surface area contributed by atoms with Crippen molar-refractivity contribution < 1.29 is 8.42 Å². The smallest absolute Gasteiger partial charge is 0.246 e. The van der Waals surface area contributed by atoms with E-state index in [9.17, 15) is 8.42 Å². The van der Waals surface area contributed by atoms with Gasteiger partial charge in [0.2, 0.25) is 10.0 Å². The molecule has 4 rings (SSSR count). The molecular weight excluding hydrogens is 384 g/mol. The number of rotatable bonds is 4. The predicted octanol–water partition coefficient (Wildman–Crippen LogP) is 3.67. The van der Waals surface area contributed by atoms with Crippen LogP contribution in [0.1, 0.15) is 35.7 Å². The highest BCUT2D eigenvalue weighted by Gasteiger charge is 2.33. The Balaban J connectivity index is 1.61. The lowest BCUT2D eigenvalue weighted by Crippen LogP contribution is -2.39. The van der Waals surface area contributed by atoms with Crippen molar-refractivity contribution in [2.24, 2.45) is 7.05 Å². The maximum Gasteiger partial charge on any atom is 0.246 e. The Morgan fingerprint density at radius 3 is 2.62 bits per heavy atom. The number of nitrogens with zero attached hydrogens (tertiary/aromatic N) is 4. The highest BCUT2D eigenvalue weighted by molar-refractivity contribution is 7.89. The van der Waals surface area contributed by atoms with Gasteiger partial charge in [0.1, 0.15) is 4.90 Å². The van der Waals surface area contributed by atoms with E-state index in [4.69, 9.17) is 4.98 Å². The standard InChI is InChI=1S/C22H26N4O2S/c1-16-7-4-8-18(13-16)20-10-5-11-21(23-20)19-9-6-12-26(14-19)29(27,28)22-15-25(3)24-17(22)2/h4-5,7-8,10-11,13,15,19H,6,9,12,14H2,1-3H3/t19-/m0/s1. The molecule has 0 amide bonds. The minimum Gasteiger partial charge on any atom is -0.274 e. The molecule has 0 spiro atoms. The highest BCUT2D eigenvalue weighted by Crippen LogP contribution is 2.31. The molecule has 3 heterocycles. The third-order valence-corrected chi connectivity index (χ3v) is 7.44. The van der Waals surface area contributed by atoms with E-state index in [2.05, 4.69) is 30.2 Å². The Morgan fingerprint density at radius 1 is 1.10 bits per heavy atom. The van der Waals surface area contributed by atoms with Gasteiger partial charge in [-0.3, -0.25) is 9.67 Å². The van der Waals surface area contributed by atoms with Crippen LogP contribution in [0.25, 0.3) is 11.3 Å². The zero-order chi connectivity index (χ0) is 20.6. The van der Waals surface area contributed by atoms with Crippen LogP contribution in [0.5, 0.6) is 0 Å². The van der Waals surface area contributed by atoms with E-state index in [1.165, 1.54) is 5.56 Å². The molecule has 1 fully saturated rings. The molecule has 29 heavy (non-hydrogen) atoms. The lowest BCUT2D eigenvalue weighted by atomic mass is 9.95. The van der Waals surface area contributed by atoms with Crippen LogP contribution in [0.3, 0.4) is 0 Å². The average molecular weight is 411 g/mol. The quantitative estimate of drug-likeness (QED) is 0.658. The number of pyridine rings is 1. The molecular formula is C22H26N4O2S. The number of aromatic nitrogens is 3. The minimum absolute atomic E-state index is 0.0836. The average Bonchev–Trinajstić information content (AvgIpc) is 3.07. The van der Waals surface area contributed by atoms with Crippen molar-refractivity contribution in [3.8, 4) is 11.3 Å². The third-order valence-electron chi connectivity index (χ3n) is 5.47. The summed E-state index contributed by atoms with van der Waals surface area (Å²) >= 11 is 0. The maximum atomic E-state index is 13.2. The van der Waals surface area contributed by atoms with Crippen LogP contribution in [0.4, 0.5) is 0 Å². The fourth-order valence-corrected chi connectivity index (χ4v) is 5.74. The summed E-state index contributed by atoms with van der Waals surface area (Å²) in [6.45, 7) is 4.78. The molecule has 3 aromatic rings. The van der Waals surface area contributed by atoms with Gasteiger partial charge in [-0.25, -0.2) is 8.42 Å². The first-order valence-electron chi connectivity index (χ1n) is 9.89. The number of piperidine rings is 1. The van der Waals surface area contributed by atoms with Gasteiger partial charge in [0.15, 0.2) is 0 Å². The van der Waals surface area contributed by atoms with Crippen molar-refractivity contribution in [1.82, 2.24) is 19.1 Å². The summed E-state index contributed by atoms with van der Waals surface area (Å²) in [7, 11) is -1.82. The van der Waals surface area contributed by atoms with Gasteiger partial charge in [-0.05, 0) is 44.9 Å². The highest BCUT2D eigenvalue weighted by atomic mass is 32.2. The Labute approximate surface area is 172 Å². The van der Waals surface area contributed by atoms with Crippen molar-refractivity contribution in [1.29, 1.82) is 0 Å². The predicted molar refractivity (Wildman–Crippen MR) is 113 cm³/mol. The van der Waals surface area contributed by atoms with Crippen LogP contribution in [0.15, 0.2) is 53.6 Å². The number of hydrogen-bond acceptors (Lipinski definition) is 4. The molecule has 0 aliphatic carbocycles. The summed E-state index contributed by atoms with van der Waals surface area (Å²) in [6, 6.07) is 14.3. The summed E-state index contributed by atoms with van der Waals surface area (Å²) in [5.41, 5.74) is 4.69. The number of hydrogen-bond donors (Lipinski definition) is 0. The zero-order valence-corrected chi connectivity index (χ0v) is 17.9. The molecule has 2 aromatic heterocycles. The summed E-state index contributed by atoms with van der Waals surface area (Å²) in [5, 5.41) is 4.20. The molecule has 0 N–H and O–H groups in total. The van der Waals surface area contributed by atoms with Crippen LogP contribution in [-0.4, -0.2) is 40.6 Å². The lowest BCUT2D eigenvalue weighted by Gasteiger charge is -2.31. The van der Waals surface area contributed by atoms with Crippen LogP contribution in [0.2, 0.25) is 0 Å². The minimum atomic E-state index is -3.56. The molecule has 0 saturated carbocycles. The van der Waals surface area contributed by atoms with Crippen LogP contribution >= 0.6 is 0 Å². The Kier molecular flexibility index (Phi) is 5.27. The molecule has 6 nitrogen and oxygen atoms in total. The molecule has 7 heteroatoms. The fourth-order valence-electron chi connectivity index (χ4n) is 4.02. The van der Waals surface area contributed by atoms with Gasteiger partial charge in [-0.2, -0.15) is 9.40 Å². The van der Waals surface area contributed by atoms with Crippen molar-refractivity contribution in [3.63, 3.8) is 0 Å². The van der Waals surface area contributed by atoms with E-state index in [0.717, 1.165) is 29.8 Å². The van der Waals surface area contributed by atoms with Gasteiger partial charge < -0.3 is 0 Å². The Hall–Kier alpha value is -2.51. The van der Waals surface area contributed by atoms with Gasteiger partial charge in [0.25, 0.3) is 0 Å². The topological polar surface area (TPSA) is 68.1 Å². The van der Waals surface area contributed by atoms with E-state index in [1.807, 2.05) is 24.3 Å². The van der Waals surface area contributed by atoms with Crippen molar-refractivity contribution in [2.75, 3.05) is 13.1 Å². The van der Waals surface area contributed by atoms with E-state index in [1.54, 1.807) is 29.2 Å². The van der Waals surface area contributed by atoms with Gasteiger partial charge in [0.05, 0.1) is 11.4 Å². The van der Waals surface area contributed by atoms with Crippen LogP contribution < -0.4 is 0 Å². The van der Waals surface area contributed by atoms with Crippen LogP contribution in [0, 0.1) is 13.8 Å². The normalized spacial score (nSPS) is 18.1. The summed E-state index contributed by atoms with van der Waals surface area (Å²) in [6.07, 6.45) is 3.34. The molecule has 0 bridgehead atoms. The van der Waals surface area contributed by atoms with Gasteiger partial charge in [-0.1, -0.05) is 29.8 Å². The largest absolute Gasteiger partial charge is 0.274 e. The molecule has 1 aliphatic rings. The maximum absolute atomic E-state index is 13.2. The molecule has 1 aliphatic heterocycles. The summed E-state index contributed by atoms with van der Waals surface area (Å²) < 4.78 is 29.5. The molecule has 1 aromatic carbocycles. The lowest BCUT2D eigenvalue weighted by molar-refractivity contribution is 0.312. The SMILES string of the molecule is Cc1cccc(-c2cccc([C@H]3CCCN(S(=O)(=O)c4cn(C)nc4C)C3)n2)c1. The third kappa shape index (κ3) is 3.97. The second kappa shape index (κ2) is 7.72. The number of benzene rings is 1. The van der Waals surface area contributed by atoms with Crippen molar-refractivity contribution >= 4 is 10.0 Å². The first-order chi connectivity index (χ1) is 13.8. The van der Waals surface area contributed by atoms with Crippen molar-refractivity contribution in [2.45, 2.75) is 37.5 Å². The van der Waals surface area contributed by atoms with E-state index in [0.29, 0.717) is 23.7 Å². The van der Waals surface area contributed by atoms with Gasteiger partial charge in [-0.15, -0.1) is 0 Å². The second-order valence-electron chi connectivity index (χ2n) is 7.77. The molecule has 1 atom stereocenters. The fraction of sp³-hybridized carbons (Fsp3) is 0.364. The molecule has 1 saturated heterocycles. The van der Waals surface area contributed by atoms with E-state index < -0.39 is 10.0 Å². The molecule has 0 radical (unpaired) electrons. The second-order valence-corrected chi connectivity index (χ2v) is 9.68. The zero-order valence-electron chi connectivity index (χ0n) is 17.0. The summed E-state index contributed by atoms with van der Waals surface area (Å²) in [4.78, 5) is 5.17. The Bertz CT molecular complexity index is 1140. The first kappa shape index (κ1) is 19.8. The number of sulfonamides is 1.